The van der Waals surface area contributed by atoms with Gasteiger partial charge in [0.25, 0.3) is 35.4 Å². The average Bonchev–Trinajstić information content (AvgIpc) is 4.05. The minimum absolute atomic E-state index is 0.146. The molecule has 1 aliphatic heterocycles. The van der Waals surface area contributed by atoms with Gasteiger partial charge in [-0.3, -0.25) is 28.8 Å². The zero-order chi connectivity index (χ0) is 39.7. The molecule has 0 spiro atoms. The number of fused-ring (bicyclic) bond motifs is 6. The van der Waals surface area contributed by atoms with Crippen molar-refractivity contribution in [2.45, 2.75) is 18.1 Å². The van der Waals surface area contributed by atoms with Crippen molar-refractivity contribution in [3.05, 3.63) is 161 Å². The van der Waals surface area contributed by atoms with Crippen molar-refractivity contribution >= 4 is 35.4 Å². The summed E-state index contributed by atoms with van der Waals surface area (Å²) in [5.74, 6) is -4.18. The summed E-state index contributed by atoms with van der Waals surface area (Å²) >= 11 is 0. The fourth-order valence-corrected chi connectivity index (χ4v) is 5.61. The van der Waals surface area contributed by atoms with Crippen LogP contribution in [0.3, 0.4) is 0 Å². The standard InChI is InChI=1S/C39H33N9O9/c49-31(22-10-4-1-5-11-22)40-16-25-37-46-29(19-55-37)35(53)44-27(18-42-33(51)24-14-8-3-9-15-24)39-48-30(21-57-39)36(54)45-26(38-47-28(20-56-38)34(52)43-25)17-41-32(50)23-12-6-2-7-13-23/h1-15,19-21,25-27H,16-18H2,(H,40,49)(H,41,50)(H,42,51)(H,43,52)(H,44,53)(H,45,54)/t25-,26-,27-/m0/s1. The van der Waals surface area contributed by atoms with E-state index in [1.807, 2.05) is 0 Å². The van der Waals surface area contributed by atoms with E-state index in [0.717, 1.165) is 18.8 Å². The van der Waals surface area contributed by atoms with Crippen molar-refractivity contribution in [3.8, 4) is 0 Å². The van der Waals surface area contributed by atoms with Gasteiger partial charge in [-0.2, -0.15) is 0 Å². The first kappa shape index (κ1) is 37.4. The zero-order valence-electron chi connectivity index (χ0n) is 29.8. The molecule has 3 aromatic heterocycles. The highest BCUT2D eigenvalue weighted by molar-refractivity contribution is 5.96. The van der Waals surface area contributed by atoms with Crippen molar-refractivity contribution in [1.82, 2.24) is 46.9 Å². The van der Waals surface area contributed by atoms with Crippen LogP contribution in [0.25, 0.3) is 0 Å². The molecule has 3 atom stereocenters. The van der Waals surface area contributed by atoms with Gasteiger partial charge in [-0.15, -0.1) is 0 Å². The van der Waals surface area contributed by atoms with Crippen LogP contribution in [0.15, 0.2) is 123 Å². The van der Waals surface area contributed by atoms with Crippen LogP contribution in [-0.4, -0.2) is 70.0 Å². The van der Waals surface area contributed by atoms with Crippen LogP contribution in [0.1, 0.15) is 98.3 Å². The Hall–Kier alpha value is -7.89. The maximum absolute atomic E-state index is 13.6. The number of rotatable bonds is 9. The van der Waals surface area contributed by atoms with E-state index in [1.165, 1.54) is 0 Å². The monoisotopic (exact) mass is 771 g/mol. The Morgan fingerprint density at radius 3 is 0.982 bits per heavy atom. The summed E-state index contributed by atoms with van der Waals surface area (Å²) in [5, 5.41) is 16.2. The molecule has 4 heterocycles. The van der Waals surface area contributed by atoms with Gasteiger partial charge in [-0.1, -0.05) is 54.6 Å². The van der Waals surface area contributed by atoms with Crippen molar-refractivity contribution in [3.63, 3.8) is 0 Å². The summed E-state index contributed by atoms with van der Waals surface area (Å²) < 4.78 is 16.9. The Labute approximate surface area is 322 Å². The second-order valence-corrected chi connectivity index (χ2v) is 12.5. The lowest BCUT2D eigenvalue weighted by Gasteiger charge is -2.17. The Kier molecular flexibility index (Phi) is 11.2. The molecule has 0 saturated heterocycles. The third-order valence-electron chi connectivity index (χ3n) is 8.58. The number of carbonyl (C=O) groups is 6. The van der Waals surface area contributed by atoms with Crippen molar-refractivity contribution < 1.29 is 42.0 Å². The molecule has 57 heavy (non-hydrogen) atoms. The fourth-order valence-electron chi connectivity index (χ4n) is 5.61. The summed E-state index contributed by atoms with van der Waals surface area (Å²) in [6.45, 7) is -0.699. The summed E-state index contributed by atoms with van der Waals surface area (Å²) in [6, 6.07) is 21.6. The molecule has 0 fully saturated rings. The van der Waals surface area contributed by atoms with Gasteiger partial charge in [0.15, 0.2) is 17.1 Å². The van der Waals surface area contributed by atoms with Gasteiger partial charge in [0.2, 0.25) is 17.7 Å². The molecule has 6 bridgehead atoms. The molecule has 0 unspecified atom stereocenters. The minimum Gasteiger partial charge on any atom is -0.446 e. The number of aromatic nitrogens is 3. The number of hydrogen-bond donors (Lipinski definition) is 6. The lowest BCUT2D eigenvalue weighted by atomic mass is 10.2. The molecule has 0 saturated carbocycles. The van der Waals surface area contributed by atoms with Gasteiger partial charge in [0, 0.05) is 36.3 Å². The fraction of sp³-hybridized carbons (Fsp3) is 0.154. The van der Waals surface area contributed by atoms with E-state index in [-0.39, 0.29) is 54.4 Å². The molecular weight excluding hydrogens is 738 g/mol. The maximum Gasteiger partial charge on any atom is 0.273 e. The smallest absolute Gasteiger partial charge is 0.273 e. The van der Waals surface area contributed by atoms with Crippen molar-refractivity contribution in [2.24, 2.45) is 0 Å². The van der Waals surface area contributed by atoms with E-state index in [9.17, 15) is 28.8 Å². The number of carbonyl (C=O) groups excluding carboxylic acids is 6. The molecule has 18 nitrogen and oxygen atoms in total. The highest BCUT2D eigenvalue weighted by atomic mass is 16.4. The quantitative estimate of drug-likeness (QED) is 0.124. The maximum atomic E-state index is 13.6. The molecular formula is C39H33N9O9. The zero-order valence-corrected chi connectivity index (χ0v) is 29.8. The second-order valence-electron chi connectivity index (χ2n) is 12.5. The van der Waals surface area contributed by atoms with E-state index in [4.69, 9.17) is 13.3 Å². The summed E-state index contributed by atoms with van der Waals surface area (Å²) in [4.78, 5) is 92.6. The van der Waals surface area contributed by atoms with Crippen LogP contribution in [0.5, 0.6) is 0 Å². The molecule has 288 valence electrons. The molecule has 18 heteroatoms. The first-order chi connectivity index (χ1) is 27.7. The minimum atomic E-state index is -1.14. The predicted molar refractivity (Wildman–Crippen MR) is 196 cm³/mol. The van der Waals surface area contributed by atoms with Gasteiger partial charge in [-0.05, 0) is 36.4 Å². The Bertz CT molecular complexity index is 2130. The van der Waals surface area contributed by atoms with E-state index in [0.29, 0.717) is 16.7 Å². The Morgan fingerprint density at radius 1 is 0.456 bits per heavy atom. The highest BCUT2D eigenvalue weighted by Crippen LogP contribution is 2.20. The Balaban J connectivity index is 1.20. The predicted octanol–water partition coefficient (Wildman–Crippen LogP) is 2.67. The van der Waals surface area contributed by atoms with Gasteiger partial charge in [0.1, 0.15) is 36.9 Å². The topological polar surface area (TPSA) is 253 Å². The van der Waals surface area contributed by atoms with Gasteiger partial charge in [0.05, 0.1) is 0 Å². The molecule has 3 aromatic carbocycles. The molecule has 6 aromatic rings. The normalized spacial score (nSPS) is 16.8. The summed E-state index contributed by atoms with van der Waals surface area (Å²) in [7, 11) is 0. The molecule has 1 aliphatic rings. The number of amides is 6. The molecule has 7 rings (SSSR count). The highest BCUT2D eigenvalue weighted by Gasteiger charge is 2.30. The van der Waals surface area contributed by atoms with Crippen LogP contribution in [0.2, 0.25) is 0 Å². The lowest BCUT2D eigenvalue weighted by Crippen LogP contribution is -2.40. The summed E-state index contributed by atoms with van der Waals surface area (Å²) in [5.41, 5.74) is 0.369. The van der Waals surface area contributed by atoms with E-state index in [1.54, 1.807) is 91.0 Å². The van der Waals surface area contributed by atoms with Gasteiger partial charge >= 0.3 is 0 Å². The average molecular weight is 772 g/mol. The number of nitrogens with one attached hydrogen (secondary N) is 6. The molecule has 0 aliphatic carbocycles. The molecule has 6 N–H and O–H groups in total. The molecule has 6 amide bonds. The van der Waals surface area contributed by atoms with Gasteiger partial charge < -0.3 is 45.2 Å². The number of nitrogens with zero attached hydrogens (tertiary/aromatic N) is 3. The van der Waals surface area contributed by atoms with Crippen molar-refractivity contribution in [1.29, 1.82) is 0 Å². The van der Waals surface area contributed by atoms with Crippen LogP contribution < -0.4 is 31.9 Å². The SMILES string of the molecule is O=C(NC[C@@H]1NC(=O)c2coc(n2)[C@H](CNC(=O)c2ccccc2)NC(=O)c2coc(n2)[C@H](CNC(=O)c2ccccc2)NC(=O)c2coc1n2)c1ccccc1. The van der Waals surface area contributed by atoms with Crippen molar-refractivity contribution in [2.75, 3.05) is 19.6 Å². The second kappa shape index (κ2) is 17.1. The van der Waals surface area contributed by atoms with Crippen LogP contribution >= 0.6 is 0 Å². The largest absolute Gasteiger partial charge is 0.446 e. The first-order valence-electron chi connectivity index (χ1n) is 17.5. The number of oxazole rings is 3. The number of hydrogen-bond acceptors (Lipinski definition) is 12. The molecule has 0 radical (unpaired) electrons. The van der Waals surface area contributed by atoms with Crippen LogP contribution in [0, 0.1) is 0 Å². The van der Waals surface area contributed by atoms with E-state index in [2.05, 4.69) is 46.9 Å². The number of benzene rings is 3. The lowest BCUT2D eigenvalue weighted by molar-refractivity contribution is 0.0895. The third kappa shape index (κ3) is 9.08. The first-order valence-corrected chi connectivity index (χ1v) is 17.5. The van der Waals surface area contributed by atoms with E-state index < -0.39 is 53.6 Å². The summed E-state index contributed by atoms with van der Waals surface area (Å²) in [6.07, 6.45) is 3.15. The third-order valence-corrected chi connectivity index (χ3v) is 8.58. The van der Waals surface area contributed by atoms with Gasteiger partial charge in [-0.25, -0.2) is 15.0 Å². The Morgan fingerprint density at radius 2 is 0.719 bits per heavy atom. The van der Waals surface area contributed by atoms with Crippen LogP contribution in [0.4, 0.5) is 0 Å². The van der Waals surface area contributed by atoms with Crippen LogP contribution in [-0.2, 0) is 0 Å². The van der Waals surface area contributed by atoms with E-state index >= 15 is 0 Å².